The smallest absolute Gasteiger partial charge is 0.300 e. The molecule has 11 heteroatoms. The topological polar surface area (TPSA) is 80.3 Å². The molecule has 1 unspecified atom stereocenters. The minimum atomic E-state index is -4.37. The van der Waals surface area contributed by atoms with E-state index in [2.05, 4.69) is 15.0 Å². The summed E-state index contributed by atoms with van der Waals surface area (Å²) in [5.41, 5.74) is 0.675. The third-order valence-corrected chi connectivity index (χ3v) is 4.99. The maximum atomic E-state index is 12.6. The van der Waals surface area contributed by atoms with Crippen LogP contribution in [0.3, 0.4) is 0 Å². The first kappa shape index (κ1) is 20.5. The number of nitrogens with zero attached hydrogens (tertiary/aromatic N) is 1. The van der Waals surface area contributed by atoms with Crippen molar-refractivity contribution >= 4 is 33.6 Å². The van der Waals surface area contributed by atoms with Crippen LogP contribution in [0.5, 0.6) is 0 Å². The monoisotopic (exact) mass is 407 g/mol. The molecule has 0 radical (unpaired) electrons. The molecule has 1 amide bonds. The summed E-state index contributed by atoms with van der Waals surface area (Å²) in [6, 6.07) is 4.91. The van der Waals surface area contributed by atoms with Gasteiger partial charge in [0.15, 0.2) is 5.13 Å². The minimum Gasteiger partial charge on any atom is -0.300 e. The van der Waals surface area contributed by atoms with Crippen LogP contribution in [0.1, 0.15) is 21.7 Å². The lowest BCUT2D eigenvalue weighted by atomic mass is 10.1. The van der Waals surface area contributed by atoms with E-state index in [1.807, 2.05) is 0 Å². The normalized spacial score (nSPS) is 12.8. The second-order valence-corrected chi connectivity index (χ2v) is 7.35. The molecule has 1 aromatic heterocycles. The molecule has 2 N–H and O–H groups in total. The van der Waals surface area contributed by atoms with Crippen LogP contribution in [0.25, 0.3) is 0 Å². The van der Waals surface area contributed by atoms with E-state index < -0.39 is 35.5 Å². The summed E-state index contributed by atoms with van der Waals surface area (Å²) in [7, 11) is 1.42. The van der Waals surface area contributed by atoms with Crippen molar-refractivity contribution in [3.05, 3.63) is 46.0 Å². The lowest BCUT2D eigenvalue weighted by Gasteiger charge is -2.07. The fraction of sp³-hybridized carbons (Fsp3) is 0.333. The maximum absolute atomic E-state index is 12.6. The highest BCUT2D eigenvalue weighted by Crippen LogP contribution is 2.30. The molecular formula is C15H16F3N3O3S2. The lowest BCUT2D eigenvalue weighted by Crippen LogP contribution is -2.22. The summed E-state index contributed by atoms with van der Waals surface area (Å²) in [5, 5.41) is 2.87. The lowest BCUT2D eigenvalue weighted by molar-refractivity contribution is -0.137. The molecule has 0 bridgehead atoms. The SMILES string of the molecule is CNS(=O)OCC(=O)Nc1nc(C)c(Cc2ccc(C(F)(F)F)cc2)s1. The number of aromatic nitrogens is 1. The van der Waals surface area contributed by atoms with Crippen LogP contribution in [0.2, 0.25) is 0 Å². The minimum absolute atomic E-state index is 0.341. The molecule has 0 saturated carbocycles. The van der Waals surface area contributed by atoms with Gasteiger partial charge in [-0.1, -0.05) is 12.1 Å². The number of halogens is 3. The van der Waals surface area contributed by atoms with E-state index in [0.717, 1.165) is 17.0 Å². The van der Waals surface area contributed by atoms with Crippen molar-refractivity contribution in [2.24, 2.45) is 0 Å². The van der Waals surface area contributed by atoms with Gasteiger partial charge in [0.25, 0.3) is 5.91 Å². The van der Waals surface area contributed by atoms with E-state index in [9.17, 15) is 22.2 Å². The molecule has 6 nitrogen and oxygen atoms in total. The number of rotatable bonds is 7. The van der Waals surface area contributed by atoms with E-state index in [-0.39, 0.29) is 0 Å². The quantitative estimate of drug-likeness (QED) is 0.740. The van der Waals surface area contributed by atoms with Crippen molar-refractivity contribution in [3.63, 3.8) is 0 Å². The Balaban J connectivity index is 1.99. The van der Waals surface area contributed by atoms with E-state index in [0.29, 0.717) is 22.8 Å². The van der Waals surface area contributed by atoms with Crippen molar-refractivity contribution in [2.45, 2.75) is 19.5 Å². The van der Waals surface area contributed by atoms with E-state index in [4.69, 9.17) is 4.18 Å². The molecule has 1 heterocycles. The number of benzene rings is 1. The number of nitrogens with one attached hydrogen (secondary N) is 2. The highest BCUT2D eigenvalue weighted by molar-refractivity contribution is 7.78. The number of anilines is 1. The van der Waals surface area contributed by atoms with Crippen molar-refractivity contribution in [1.82, 2.24) is 9.71 Å². The highest BCUT2D eigenvalue weighted by atomic mass is 32.2. The average Bonchev–Trinajstić information content (AvgIpc) is 2.91. The summed E-state index contributed by atoms with van der Waals surface area (Å²) in [4.78, 5) is 16.7. The van der Waals surface area contributed by atoms with Crippen molar-refractivity contribution in [3.8, 4) is 0 Å². The maximum Gasteiger partial charge on any atom is 0.416 e. The third-order valence-electron chi connectivity index (χ3n) is 3.25. The number of carbonyl (C=O) groups is 1. The van der Waals surface area contributed by atoms with Crippen LogP contribution in [0.15, 0.2) is 24.3 Å². The Morgan fingerprint density at radius 2 is 1.96 bits per heavy atom. The number of hydrogen-bond acceptors (Lipinski definition) is 5. The standard InChI is InChI=1S/C15H16F3N3O3S2/c1-9-12(7-10-3-5-11(6-4-10)15(16,17)18)25-14(20-9)21-13(22)8-24-26(23)19-2/h3-6,19H,7-8H2,1-2H3,(H,20,21,22). The summed E-state index contributed by atoms with van der Waals surface area (Å²) in [5.74, 6) is -0.511. The van der Waals surface area contributed by atoms with Gasteiger partial charge in [0.1, 0.15) is 6.61 Å². The molecule has 0 aliphatic heterocycles. The molecule has 1 atom stereocenters. The van der Waals surface area contributed by atoms with Crippen LogP contribution in [0, 0.1) is 6.92 Å². The van der Waals surface area contributed by atoms with Gasteiger partial charge in [0.05, 0.1) is 11.3 Å². The van der Waals surface area contributed by atoms with Gasteiger partial charge < -0.3 is 0 Å². The summed E-state index contributed by atoms with van der Waals surface area (Å²) in [6.07, 6.45) is -3.97. The zero-order valence-corrected chi connectivity index (χ0v) is 15.5. The second kappa shape index (κ2) is 8.71. The first-order chi connectivity index (χ1) is 12.2. The number of carbonyl (C=O) groups excluding carboxylic acids is 1. The largest absolute Gasteiger partial charge is 0.416 e. The number of alkyl halides is 3. The molecule has 1 aromatic carbocycles. The Morgan fingerprint density at radius 3 is 2.54 bits per heavy atom. The predicted molar refractivity (Wildman–Crippen MR) is 92.9 cm³/mol. The summed E-state index contributed by atoms with van der Waals surface area (Å²) < 4.78 is 55.9. The molecule has 0 fully saturated rings. The summed E-state index contributed by atoms with van der Waals surface area (Å²) >= 11 is -0.528. The van der Waals surface area contributed by atoms with Gasteiger partial charge in [-0.2, -0.15) is 13.2 Å². The molecule has 2 aromatic rings. The van der Waals surface area contributed by atoms with Crippen molar-refractivity contribution in [1.29, 1.82) is 0 Å². The van der Waals surface area contributed by atoms with Gasteiger partial charge in [0.2, 0.25) is 11.3 Å². The Bertz CT molecular complexity index is 792. The molecule has 2 rings (SSSR count). The average molecular weight is 407 g/mol. The number of aryl methyl sites for hydroxylation is 1. The molecule has 0 spiro atoms. The fourth-order valence-electron chi connectivity index (χ4n) is 1.96. The van der Waals surface area contributed by atoms with Crippen molar-refractivity contribution < 1.29 is 26.4 Å². The van der Waals surface area contributed by atoms with Gasteiger partial charge in [-0.3, -0.25) is 14.3 Å². The first-order valence-corrected chi connectivity index (χ1v) is 9.23. The van der Waals surface area contributed by atoms with Crippen LogP contribution in [0.4, 0.5) is 18.3 Å². The Labute approximate surface area is 154 Å². The van der Waals surface area contributed by atoms with Gasteiger partial charge in [-0.15, -0.1) is 11.3 Å². The zero-order valence-electron chi connectivity index (χ0n) is 13.8. The third kappa shape index (κ3) is 5.87. The highest BCUT2D eigenvalue weighted by Gasteiger charge is 2.29. The Kier molecular flexibility index (Phi) is 6.87. The van der Waals surface area contributed by atoms with Crippen LogP contribution >= 0.6 is 11.3 Å². The zero-order chi connectivity index (χ0) is 19.3. The van der Waals surface area contributed by atoms with E-state index in [1.165, 1.54) is 30.5 Å². The molecule has 26 heavy (non-hydrogen) atoms. The first-order valence-electron chi connectivity index (χ1n) is 7.33. The van der Waals surface area contributed by atoms with Gasteiger partial charge >= 0.3 is 6.18 Å². The molecule has 142 valence electrons. The number of thiazole rings is 1. The van der Waals surface area contributed by atoms with E-state index in [1.54, 1.807) is 6.92 Å². The van der Waals surface area contributed by atoms with E-state index >= 15 is 0 Å². The Morgan fingerprint density at radius 1 is 1.31 bits per heavy atom. The van der Waals surface area contributed by atoms with Crippen LogP contribution in [-0.2, 0) is 32.8 Å². The van der Waals surface area contributed by atoms with Gasteiger partial charge in [-0.05, 0) is 31.7 Å². The second-order valence-electron chi connectivity index (χ2n) is 5.15. The molecule has 0 aliphatic rings. The van der Waals surface area contributed by atoms with Gasteiger partial charge in [-0.25, -0.2) is 13.9 Å². The van der Waals surface area contributed by atoms with Crippen LogP contribution < -0.4 is 10.0 Å². The summed E-state index contributed by atoms with van der Waals surface area (Å²) in [6.45, 7) is 1.35. The van der Waals surface area contributed by atoms with Crippen LogP contribution in [-0.4, -0.2) is 28.8 Å². The van der Waals surface area contributed by atoms with Gasteiger partial charge in [0, 0.05) is 11.3 Å². The molecular weight excluding hydrogens is 391 g/mol. The predicted octanol–water partition coefficient (Wildman–Crippen LogP) is 2.81. The number of hydrogen-bond donors (Lipinski definition) is 2. The molecule has 0 saturated heterocycles. The fourth-order valence-corrected chi connectivity index (χ4v) is 3.31. The number of amides is 1. The Hall–Kier alpha value is -1.82. The molecule has 0 aliphatic carbocycles. The van der Waals surface area contributed by atoms with Crippen molar-refractivity contribution in [2.75, 3.05) is 19.0 Å².